The molecule has 37 heavy (non-hydrogen) atoms. The SMILES string of the molecule is [C-]#[N+]c1ccc(N2C(=O)C(C)(C)N(c3ccc(CCCC(=O)N4CCC(O)CC4)c(F)c3)C2=S)cc1C. The third-order valence-electron chi connectivity index (χ3n) is 7.18. The number of hydrogen-bond acceptors (Lipinski definition) is 4. The Labute approximate surface area is 222 Å². The predicted molar refractivity (Wildman–Crippen MR) is 145 cm³/mol. The van der Waals surface area contributed by atoms with Crippen LogP contribution < -0.4 is 9.80 Å². The van der Waals surface area contributed by atoms with E-state index in [1.807, 2.05) is 6.92 Å². The summed E-state index contributed by atoms with van der Waals surface area (Å²) < 4.78 is 15.1. The number of benzene rings is 2. The van der Waals surface area contributed by atoms with Crippen molar-refractivity contribution in [1.29, 1.82) is 0 Å². The molecule has 0 radical (unpaired) electrons. The number of hydrogen-bond donors (Lipinski definition) is 1. The standard InChI is InChI=1S/C28H31FN4O3S/c1-18-16-20(10-11-24(18)30-4)32-26(36)28(2,3)33(27(32)37)21-9-8-19(23(29)17-21)6-5-7-25(35)31-14-12-22(34)13-15-31/h8-11,16-17,22,34H,5-7,12-15H2,1-3H3. The van der Waals surface area contributed by atoms with E-state index >= 15 is 4.39 Å². The van der Waals surface area contributed by atoms with E-state index in [0.717, 1.165) is 5.56 Å². The Balaban J connectivity index is 1.47. The molecule has 2 aromatic rings. The summed E-state index contributed by atoms with van der Waals surface area (Å²) in [5.74, 6) is -0.611. The van der Waals surface area contributed by atoms with Gasteiger partial charge in [-0.1, -0.05) is 12.1 Å². The summed E-state index contributed by atoms with van der Waals surface area (Å²) in [6.45, 7) is 13.7. The number of aliphatic hydroxyl groups excluding tert-OH is 1. The number of anilines is 2. The van der Waals surface area contributed by atoms with E-state index in [1.54, 1.807) is 54.0 Å². The van der Waals surface area contributed by atoms with Crippen LogP contribution in [-0.2, 0) is 16.0 Å². The first-order valence-corrected chi connectivity index (χ1v) is 12.9. The van der Waals surface area contributed by atoms with Gasteiger partial charge in [0.15, 0.2) is 10.8 Å². The molecule has 2 heterocycles. The fraction of sp³-hybridized carbons (Fsp3) is 0.429. The van der Waals surface area contributed by atoms with Gasteiger partial charge in [0, 0.05) is 30.9 Å². The summed E-state index contributed by atoms with van der Waals surface area (Å²) in [7, 11) is 0. The molecule has 0 unspecified atom stereocenters. The van der Waals surface area contributed by atoms with Gasteiger partial charge < -0.3 is 14.9 Å². The molecule has 0 atom stereocenters. The summed E-state index contributed by atoms with van der Waals surface area (Å²) in [4.78, 5) is 34.1. The molecule has 2 saturated heterocycles. The number of amides is 2. The molecule has 0 aliphatic carbocycles. The largest absolute Gasteiger partial charge is 0.393 e. The van der Waals surface area contributed by atoms with E-state index in [-0.39, 0.29) is 23.0 Å². The zero-order valence-corrected chi connectivity index (χ0v) is 22.1. The molecule has 9 heteroatoms. The number of aliphatic hydroxyl groups is 1. The van der Waals surface area contributed by atoms with Crippen LogP contribution in [0.3, 0.4) is 0 Å². The van der Waals surface area contributed by atoms with E-state index in [2.05, 4.69) is 4.85 Å². The van der Waals surface area contributed by atoms with Crippen molar-refractivity contribution in [2.75, 3.05) is 22.9 Å². The number of carbonyl (C=O) groups excluding carboxylic acids is 2. The fourth-order valence-electron chi connectivity index (χ4n) is 4.94. The molecule has 2 amide bonds. The van der Waals surface area contributed by atoms with Crippen LogP contribution in [0.1, 0.15) is 50.7 Å². The minimum atomic E-state index is -1.04. The topological polar surface area (TPSA) is 68.5 Å². The number of carbonyl (C=O) groups is 2. The highest BCUT2D eigenvalue weighted by molar-refractivity contribution is 7.81. The lowest BCUT2D eigenvalue weighted by Gasteiger charge is -2.30. The monoisotopic (exact) mass is 522 g/mol. The highest BCUT2D eigenvalue weighted by Crippen LogP contribution is 2.38. The van der Waals surface area contributed by atoms with E-state index in [0.29, 0.717) is 67.8 Å². The average molecular weight is 523 g/mol. The Morgan fingerprint density at radius 2 is 1.86 bits per heavy atom. The lowest BCUT2D eigenvalue weighted by atomic mass is 10.0. The molecule has 0 bridgehead atoms. The van der Waals surface area contributed by atoms with Gasteiger partial charge in [-0.25, -0.2) is 9.24 Å². The van der Waals surface area contributed by atoms with Crippen molar-refractivity contribution < 1.29 is 19.1 Å². The van der Waals surface area contributed by atoms with E-state index in [1.165, 1.54) is 11.0 Å². The van der Waals surface area contributed by atoms with Gasteiger partial charge in [0.05, 0.1) is 12.7 Å². The maximum absolute atomic E-state index is 15.1. The average Bonchev–Trinajstić information content (AvgIpc) is 3.03. The fourth-order valence-corrected chi connectivity index (χ4v) is 5.46. The molecule has 0 saturated carbocycles. The Kier molecular flexibility index (Phi) is 7.62. The molecule has 0 aromatic heterocycles. The van der Waals surface area contributed by atoms with Gasteiger partial charge in [-0.15, -0.1) is 0 Å². The first-order valence-electron chi connectivity index (χ1n) is 12.5. The number of aryl methyl sites for hydroxylation is 2. The van der Waals surface area contributed by atoms with E-state index in [4.69, 9.17) is 18.8 Å². The van der Waals surface area contributed by atoms with Crippen molar-refractivity contribution in [3.8, 4) is 0 Å². The predicted octanol–water partition coefficient (Wildman–Crippen LogP) is 4.91. The maximum atomic E-state index is 15.1. The molecule has 2 aliphatic heterocycles. The Morgan fingerprint density at radius 1 is 1.19 bits per heavy atom. The summed E-state index contributed by atoms with van der Waals surface area (Å²) in [5, 5.41) is 9.85. The van der Waals surface area contributed by atoms with Gasteiger partial charge in [0.2, 0.25) is 5.91 Å². The van der Waals surface area contributed by atoms with Crippen molar-refractivity contribution in [2.45, 2.75) is 64.5 Å². The molecule has 2 aromatic carbocycles. The molecule has 4 rings (SSSR count). The van der Waals surface area contributed by atoms with Crippen molar-refractivity contribution in [3.63, 3.8) is 0 Å². The molecule has 2 fully saturated rings. The molecule has 0 spiro atoms. The Bertz CT molecular complexity index is 1280. The molecule has 194 valence electrons. The minimum absolute atomic E-state index is 0.0337. The molecular weight excluding hydrogens is 491 g/mol. The van der Waals surface area contributed by atoms with Gasteiger partial charge in [-0.05, 0) is 94.1 Å². The van der Waals surface area contributed by atoms with Crippen LogP contribution in [0.25, 0.3) is 4.85 Å². The van der Waals surface area contributed by atoms with Crippen LogP contribution in [0, 0.1) is 19.3 Å². The van der Waals surface area contributed by atoms with Gasteiger partial charge in [-0.2, -0.15) is 0 Å². The minimum Gasteiger partial charge on any atom is -0.393 e. The molecule has 7 nitrogen and oxygen atoms in total. The van der Waals surface area contributed by atoms with Crippen molar-refractivity contribution in [2.24, 2.45) is 0 Å². The summed E-state index contributed by atoms with van der Waals surface area (Å²) in [6, 6.07) is 9.95. The molecule has 2 aliphatic rings. The second-order valence-corrected chi connectivity index (χ2v) is 10.5. The Morgan fingerprint density at radius 3 is 2.49 bits per heavy atom. The molecule has 1 N–H and O–H groups in total. The third-order valence-corrected chi connectivity index (χ3v) is 7.54. The van der Waals surface area contributed by atoms with Crippen molar-refractivity contribution >= 4 is 46.2 Å². The van der Waals surface area contributed by atoms with Crippen LogP contribution >= 0.6 is 12.2 Å². The summed E-state index contributed by atoms with van der Waals surface area (Å²) in [6.07, 6.45) is 2.13. The van der Waals surface area contributed by atoms with Crippen molar-refractivity contribution in [1.82, 2.24) is 4.90 Å². The van der Waals surface area contributed by atoms with Gasteiger partial charge in [0.25, 0.3) is 5.91 Å². The number of likely N-dealkylation sites (tertiary alicyclic amines) is 1. The van der Waals surface area contributed by atoms with Crippen LogP contribution in [-0.4, -0.2) is 51.7 Å². The molecular formula is C28H31FN4O3S. The first-order chi connectivity index (χ1) is 17.5. The van der Waals surface area contributed by atoms with E-state index in [9.17, 15) is 14.7 Å². The third kappa shape index (κ3) is 5.22. The quantitative estimate of drug-likeness (QED) is 0.432. The number of halogens is 1. The summed E-state index contributed by atoms with van der Waals surface area (Å²) >= 11 is 5.69. The van der Waals surface area contributed by atoms with Crippen LogP contribution in [0.4, 0.5) is 21.5 Å². The highest BCUT2D eigenvalue weighted by Gasteiger charge is 2.50. The van der Waals surface area contributed by atoms with Gasteiger partial charge >= 0.3 is 0 Å². The van der Waals surface area contributed by atoms with Gasteiger partial charge in [-0.3, -0.25) is 14.5 Å². The normalized spacial score (nSPS) is 17.9. The number of piperidine rings is 1. The second-order valence-electron chi connectivity index (χ2n) is 10.1. The van der Waals surface area contributed by atoms with Crippen LogP contribution in [0.15, 0.2) is 36.4 Å². The lowest BCUT2D eigenvalue weighted by Crippen LogP contribution is -2.44. The van der Waals surface area contributed by atoms with Crippen LogP contribution in [0.5, 0.6) is 0 Å². The second kappa shape index (κ2) is 10.6. The van der Waals surface area contributed by atoms with Crippen molar-refractivity contribution in [3.05, 3.63) is 64.8 Å². The smallest absolute Gasteiger partial charge is 0.259 e. The zero-order valence-electron chi connectivity index (χ0n) is 21.3. The number of thiocarbonyl (C=S) groups is 1. The lowest BCUT2D eigenvalue weighted by molar-refractivity contribution is -0.133. The number of rotatable bonds is 6. The highest BCUT2D eigenvalue weighted by atomic mass is 32.1. The van der Waals surface area contributed by atoms with Gasteiger partial charge in [0.1, 0.15) is 11.4 Å². The van der Waals surface area contributed by atoms with Crippen LogP contribution in [0.2, 0.25) is 0 Å². The first kappa shape index (κ1) is 26.7. The summed E-state index contributed by atoms with van der Waals surface area (Å²) in [5.41, 5.74) is 1.76. The Hall–Kier alpha value is -3.35. The number of nitrogens with zero attached hydrogens (tertiary/aromatic N) is 4. The maximum Gasteiger partial charge on any atom is 0.259 e. The van der Waals surface area contributed by atoms with E-state index < -0.39 is 11.4 Å². The zero-order chi connectivity index (χ0) is 26.9.